The van der Waals surface area contributed by atoms with Gasteiger partial charge in [-0.25, -0.2) is 0 Å². The van der Waals surface area contributed by atoms with E-state index in [9.17, 15) is 9.59 Å². The average molecular weight is 436 g/mol. The van der Waals surface area contributed by atoms with Crippen molar-refractivity contribution in [2.75, 3.05) is 6.61 Å². The lowest BCUT2D eigenvalue weighted by Gasteiger charge is -2.15. The summed E-state index contributed by atoms with van der Waals surface area (Å²) in [6, 6.07) is 10.4. The Morgan fingerprint density at radius 3 is 2.77 bits per heavy atom. The Labute approximate surface area is 182 Å². The number of carbonyl (C=O) groups excluding carboxylic acids is 1. The van der Waals surface area contributed by atoms with Gasteiger partial charge in [0.1, 0.15) is 17.7 Å². The molecule has 0 saturated heterocycles. The smallest absolute Gasteiger partial charge is 0.263 e. The molecule has 3 N–H and O–H groups in total. The van der Waals surface area contributed by atoms with Gasteiger partial charge in [-0.15, -0.1) is 5.10 Å². The van der Waals surface area contributed by atoms with Crippen LogP contribution in [0.25, 0.3) is 10.9 Å². The zero-order chi connectivity index (χ0) is 22.0. The van der Waals surface area contributed by atoms with Gasteiger partial charge in [-0.05, 0) is 36.6 Å². The highest BCUT2D eigenvalue weighted by molar-refractivity contribution is 7.98. The molecule has 1 fully saturated rings. The molecule has 1 amide bonds. The largest absolute Gasteiger partial charge is 0.474 e. The molecular weight excluding hydrogens is 416 g/mol. The molecule has 0 spiro atoms. The van der Waals surface area contributed by atoms with Gasteiger partial charge in [0, 0.05) is 19.0 Å². The van der Waals surface area contributed by atoms with Gasteiger partial charge in [0.25, 0.3) is 17.3 Å². The Balaban J connectivity index is 1.57. The van der Waals surface area contributed by atoms with Crippen molar-refractivity contribution in [2.24, 2.45) is 12.2 Å². The van der Waals surface area contributed by atoms with Crippen LogP contribution < -0.4 is 20.8 Å². The van der Waals surface area contributed by atoms with Crippen molar-refractivity contribution in [3.05, 3.63) is 63.6 Å². The van der Waals surface area contributed by atoms with Gasteiger partial charge in [0.15, 0.2) is 0 Å². The van der Waals surface area contributed by atoms with Gasteiger partial charge in [-0.1, -0.05) is 24.1 Å². The maximum atomic E-state index is 12.9. The van der Waals surface area contributed by atoms with Crippen molar-refractivity contribution in [1.29, 1.82) is 5.26 Å². The van der Waals surface area contributed by atoms with Crippen LogP contribution in [0.2, 0.25) is 0 Å². The van der Waals surface area contributed by atoms with Crippen molar-refractivity contribution < 1.29 is 9.53 Å². The second-order valence-corrected chi connectivity index (χ2v) is 8.56. The fourth-order valence-corrected chi connectivity index (χ4v) is 3.65. The van der Waals surface area contributed by atoms with Gasteiger partial charge in [0.05, 0.1) is 22.6 Å². The van der Waals surface area contributed by atoms with Crippen molar-refractivity contribution in [3.8, 4) is 11.9 Å². The molecule has 1 aliphatic rings. The number of benzene rings is 1. The molecular formula is C21H20N6O3S. The van der Waals surface area contributed by atoms with Crippen LogP contribution in [-0.4, -0.2) is 32.0 Å². The number of rotatable bonds is 7. The Morgan fingerprint density at radius 1 is 1.39 bits per heavy atom. The summed E-state index contributed by atoms with van der Waals surface area (Å²) in [5.41, 5.74) is 1.37. The average Bonchev–Trinajstić information content (AvgIpc) is 3.59. The number of nitrogens with zero attached hydrogens (tertiary/aromatic N) is 4. The zero-order valence-corrected chi connectivity index (χ0v) is 17.6. The number of nitrogens with one attached hydrogen (secondary N) is 1. The number of carbonyl (C=O) groups is 1. The number of aromatic nitrogens is 3. The van der Waals surface area contributed by atoms with Gasteiger partial charge in [-0.2, -0.15) is 10.4 Å². The van der Waals surface area contributed by atoms with E-state index in [0.717, 1.165) is 18.4 Å². The molecule has 0 aliphatic heterocycles. The van der Waals surface area contributed by atoms with E-state index >= 15 is 0 Å². The molecule has 3 aromatic rings. The third-order valence-corrected chi connectivity index (χ3v) is 6.33. The molecule has 2 aromatic heterocycles. The normalized spacial score (nSPS) is 14.1. The highest BCUT2D eigenvalue weighted by Crippen LogP contribution is 2.46. The standard InChI is InChI=1S/C21H20N6O3S/c1-27-17-15(11-25-26-19(17)30-12-21(31-23)6-7-21)8-16(20(27)29)18(28)24-10-14-4-2-13(9-22)3-5-14/h2-5,8,11H,6-7,10,12,23H2,1H3,(H,24,28). The van der Waals surface area contributed by atoms with Crippen molar-refractivity contribution >= 4 is 28.8 Å². The van der Waals surface area contributed by atoms with Crippen LogP contribution in [0.5, 0.6) is 5.88 Å². The number of hydrogen-bond acceptors (Lipinski definition) is 8. The predicted molar refractivity (Wildman–Crippen MR) is 116 cm³/mol. The minimum Gasteiger partial charge on any atom is -0.474 e. The Kier molecular flexibility index (Phi) is 5.63. The molecule has 31 heavy (non-hydrogen) atoms. The van der Waals surface area contributed by atoms with Crippen LogP contribution in [0.15, 0.2) is 41.3 Å². The lowest BCUT2D eigenvalue weighted by Crippen LogP contribution is -2.32. The van der Waals surface area contributed by atoms with E-state index in [1.165, 1.54) is 28.8 Å². The summed E-state index contributed by atoms with van der Waals surface area (Å²) in [7, 11) is 1.57. The fourth-order valence-electron chi connectivity index (χ4n) is 3.19. The summed E-state index contributed by atoms with van der Waals surface area (Å²) in [4.78, 5) is 25.6. The summed E-state index contributed by atoms with van der Waals surface area (Å²) in [6.45, 7) is 0.608. The van der Waals surface area contributed by atoms with E-state index < -0.39 is 11.5 Å². The quantitative estimate of drug-likeness (QED) is 0.534. The van der Waals surface area contributed by atoms with Gasteiger partial charge in [0.2, 0.25) is 0 Å². The number of aryl methyl sites for hydroxylation is 1. The first kappa shape index (κ1) is 20.8. The van der Waals surface area contributed by atoms with Crippen LogP contribution in [0.1, 0.15) is 34.3 Å². The summed E-state index contributed by atoms with van der Waals surface area (Å²) in [5.74, 6) is -0.260. The van der Waals surface area contributed by atoms with Crippen LogP contribution in [0, 0.1) is 11.3 Å². The first-order valence-electron chi connectivity index (χ1n) is 9.60. The predicted octanol–water partition coefficient (Wildman–Crippen LogP) is 1.65. The number of fused-ring (bicyclic) bond motifs is 1. The van der Waals surface area contributed by atoms with E-state index in [2.05, 4.69) is 15.5 Å². The van der Waals surface area contributed by atoms with Crippen LogP contribution >= 0.6 is 11.9 Å². The molecule has 0 unspecified atom stereocenters. The summed E-state index contributed by atoms with van der Waals surface area (Å²) in [5, 5.41) is 25.9. The van der Waals surface area contributed by atoms with Crippen molar-refractivity contribution in [1.82, 2.24) is 20.1 Å². The lowest BCUT2D eigenvalue weighted by molar-refractivity contribution is 0.0949. The van der Waals surface area contributed by atoms with Gasteiger partial charge in [-0.3, -0.25) is 14.7 Å². The maximum Gasteiger partial charge on any atom is 0.263 e. The number of pyridine rings is 1. The number of nitrogens with two attached hydrogens (primary N) is 1. The minimum absolute atomic E-state index is 0.00114. The molecule has 2 heterocycles. The van der Waals surface area contributed by atoms with E-state index in [-0.39, 0.29) is 22.7 Å². The van der Waals surface area contributed by atoms with Gasteiger partial charge >= 0.3 is 0 Å². The zero-order valence-electron chi connectivity index (χ0n) is 16.8. The molecule has 1 aliphatic carbocycles. The SMILES string of the molecule is Cn1c(=O)c(C(=O)NCc2ccc(C#N)cc2)cc2cnnc(OCC3(SN)CC3)c21. The minimum atomic E-state index is -0.498. The molecule has 1 saturated carbocycles. The van der Waals surface area contributed by atoms with Gasteiger partial charge < -0.3 is 14.6 Å². The first-order chi connectivity index (χ1) is 15.0. The maximum absolute atomic E-state index is 12.9. The van der Waals surface area contributed by atoms with Crippen molar-refractivity contribution in [2.45, 2.75) is 24.1 Å². The van der Waals surface area contributed by atoms with E-state index in [4.69, 9.17) is 15.1 Å². The van der Waals surface area contributed by atoms with E-state index in [0.29, 0.717) is 23.1 Å². The Morgan fingerprint density at radius 2 is 2.13 bits per heavy atom. The second kappa shape index (κ2) is 8.37. The molecule has 10 heteroatoms. The molecule has 4 rings (SSSR count). The highest BCUT2D eigenvalue weighted by Gasteiger charge is 2.44. The van der Waals surface area contributed by atoms with E-state index in [1.807, 2.05) is 6.07 Å². The summed E-state index contributed by atoms with van der Waals surface area (Å²) in [6.07, 6.45) is 3.42. The number of amides is 1. The highest BCUT2D eigenvalue weighted by atomic mass is 32.2. The third kappa shape index (κ3) is 4.23. The number of hydrogen-bond donors (Lipinski definition) is 2. The Bertz CT molecular complexity index is 1240. The van der Waals surface area contributed by atoms with E-state index in [1.54, 1.807) is 31.3 Å². The second-order valence-electron chi connectivity index (χ2n) is 7.46. The molecule has 9 nitrogen and oxygen atoms in total. The van der Waals surface area contributed by atoms with Crippen LogP contribution in [-0.2, 0) is 13.6 Å². The summed E-state index contributed by atoms with van der Waals surface area (Å²) < 4.78 is 7.09. The number of ether oxygens (including phenoxy) is 1. The monoisotopic (exact) mass is 436 g/mol. The lowest BCUT2D eigenvalue weighted by atomic mass is 10.1. The first-order valence-corrected chi connectivity index (χ1v) is 10.5. The molecule has 0 bridgehead atoms. The number of nitriles is 1. The van der Waals surface area contributed by atoms with Crippen molar-refractivity contribution in [3.63, 3.8) is 0 Å². The van der Waals surface area contributed by atoms with Crippen LogP contribution in [0.3, 0.4) is 0 Å². The van der Waals surface area contributed by atoms with Crippen LogP contribution in [0.4, 0.5) is 0 Å². The molecule has 158 valence electrons. The topological polar surface area (TPSA) is 136 Å². The molecule has 0 radical (unpaired) electrons. The summed E-state index contributed by atoms with van der Waals surface area (Å²) >= 11 is 1.27. The molecule has 0 atom stereocenters. The Hall–Kier alpha value is -3.42. The fraction of sp³-hybridized carbons (Fsp3) is 0.286. The third-order valence-electron chi connectivity index (χ3n) is 5.30. The molecule has 1 aromatic carbocycles.